The molecule has 0 aromatic heterocycles. The van der Waals surface area contributed by atoms with Gasteiger partial charge in [-0.1, -0.05) is 24.1 Å². The third-order valence-electron chi connectivity index (χ3n) is 7.34. The Bertz CT molecular complexity index is 1250. The number of hydrogen-bond donors (Lipinski definition) is 2. The lowest BCUT2D eigenvalue weighted by atomic mass is 9.79. The van der Waals surface area contributed by atoms with Crippen molar-refractivity contribution in [2.45, 2.75) is 51.9 Å². The van der Waals surface area contributed by atoms with Crippen LogP contribution in [0, 0.1) is 12.8 Å². The first-order valence-electron chi connectivity index (χ1n) is 13.9. The van der Waals surface area contributed by atoms with Gasteiger partial charge in [0.1, 0.15) is 5.75 Å². The average molecular weight is 548 g/mol. The Balaban J connectivity index is 0.000000406. The monoisotopic (exact) mass is 547 g/mol. The average Bonchev–Trinajstić information content (AvgIpc) is 2.95. The van der Waals surface area contributed by atoms with Crippen LogP contribution in [0.1, 0.15) is 55.2 Å². The van der Waals surface area contributed by atoms with Crippen molar-refractivity contribution in [2.24, 2.45) is 11.0 Å². The van der Waals surface area contributed by atoms with E-state index in [4.69, 9.17) is 20.1 Å². The molecule has 212 valence electrons. The van der Waals surface area contributed by atoms with Crippen LogP contribution in [0.15, 0.2) is 59.7 Å². The number of rotatable bonds is 8. The number of piperidine rings is 1. The SMILES string of the molecule is Cc1ccc2c(c1)C1=NN(c3ccc(OCCCN4CCCCC4)cc3)C(=O)CC1CC2.O=C(O)C=CC(=O)O. The van der Waals surface area contributed by atoms with E-state index in [0.29, 0.717) is 18.6 Å². The van der Waals surface area contributed by atoms with Gasteiger partial charge in [0.25, 0.3) is 0 Å². The number of benzene rings is 2. The summed E-state index contributed by atoms with van der Waals surface area (Å²) in [7, 11) is 0. The zero-order valence-electron chi connectivity index (χ0n) is 22.9. The highest BCUT2D eigenvalue weighted by Gasteiger charge is 2.34. The summed E-state index contributed by atoms with van der Waals surface area (Å²) in [6.45, 7) is 6.40. The lowest BCUT2D eigenvalue weighted by Gasteiger charge is -2.33. The van der Waals surface area contributed by atoms with Crippen LogP contribution in [0.4, 0.5) is 5.69 Å². The van der Waals surface area contributed by atoms with Crippen molar-refractivity contribution in [3.63, 3.8) is 0 Å². The number of aliphatic carboxylic acids is 2. The minimum Gasteiger partial charge on any atom is -0.494 e. The van der Waals surface area contributed by atoms with Gasteiger partial charge in [-0.3, -0.25) is 4.79 Å². The molecule has 1 unspecified atom stereocenters. The van der Waals surface area contributed by atoms with Crippen LogP contribution >= 0.6 is 0 Å². The predicted molar refractivity (Wildman–Crippen MR) is 153 cm³/mol. The summed E-state index contributed by atoms with van der Waals surface area (Å²) in [6.07, 6.45) is 8.74. The molecule has 9 nitrogen and oxygen atoms in total. The molecule has 2 aliphatic heterocycles. The van der Waals surface area contributed by atoms with E-state index in [1.54, 1.807) is 5.01 Å². The second-order valence-corrected chi connectivity index (χ2v) is 10.4. The number of anilines is 1. The number of likely N-dealkylation sites (tertiary alicyclic amines) is 1. The molecule has 0 saturated carbocycles. The molecule has 2 N–H and O–H groups in total. The summed E-state index contributed by atoms with van der Waals surface area (Å²) in [5.74, 6) is -1.36. The maximum absolute atomic E-state index is 12.9. The van der Waals surface area contributed by atoms with Crippen molar-refractivity contribution in [3.8, 4) is 5.75 Å². The Morgan fingerprint density at radius 2 is 1.73 bits per heavy atom. The molecule has 1 atom stereocenters. The second-order valence-electron chi connectivity index (χ2n) is 10.4. The van der Waals surface area contributed by atoms with Gasteiger partial charge in [-0.15, -0.1) is 0 Å². The molecule has 2 heterocycles. The highest BCUT2D eigenvalue weighted by Crippen LogP contribution is 2.34. The number of carbonyl (C=O) groups is 3. The number of fused-ring (bicyclic) bond motifs is 3. The molecule has 9 heteroatoms. The number of carbonyl (C=O) groups excluding carboxylic acids is 1. The van der Waals surface area contributed by atoms with Gasteiger partial charge >= 0.3 is 11.9 Å². The van der Waals surface area contributed by atoms with E-state index in [2.05, 4.69) is 30.0 Å². The van der Waals surface area contributed by atoms with Crippen molar-refractivity contribution in [3.05, 3.63) is 71.3 Å². The lowest BCUT2D eigenvalue weighted by molar-refractivity contribution is -0.134. The Labute approximate surface area is 234 Å². The largest absolute Gasteiger partial charge is 0.494 e. The van der Waals surface area contributed by atoms with Crippen molar-refractivity contribution in [1.82, 2.24) is 4.90 Å². The summed E-state index contributed by atoms with van der Waals surface area (Å²) in [5.41, 5.74) is 5.66. The Kier molecular flexibility index (Phi) is 10.1. The second kappa shape index (κ2) is 13.9. The fourth-order valence-corrected chi connectivity index (χ4v) is 5.32. The Hall–Kier alpha value is -3.98. The molecule has 1 fully saturated rings. The molecular formula is C31H37N3O6. The maximum atomic E-state index is 12.9. The number of ether oxygens (including phenoxy) is 1. The first kappa shape index (κ1) is 29.0. The molecule has 1 saturated heterocycles. The molecular weight excluding hydrogens is 510 g/mol. The summed E-state index contributed by atoms with van der Waals surface area (Å²) < 4.78 is 5.95. The number of carboxylic acid groups (broad SMARTS) is 2. The standard InChI is InChI=1S/C27H33N3O2.C4H4O4/c1-20-6-7-21-8-9-22-19-26(31)30(28-27(22)25(21)18-20)23-10-12-24(13-11-23)32-17-5-16-29-14-3-2-4-15-29;5-3(6)1-2-4(7)8/h6-7,10-13,18,22H,2-5,8-9,14-17,19H2,1H3;1-2H,(H,5,6)(H,7,8). The Morgan fingerprint density at radius 1 is 1.02 bits per heavy atom. The number of hydrogen-bond acceptors (Lipinski definition) is 6. The Morgan fingerprint density at radius 3 is 2.40 bits per heavy atom. The van der Waals surface area contributed by atoms with E-state index in [1.165, 1.54) is 49.0 Å². The van der Waals surface area contributed by atoms with Crippen LogP contribution in [0.3, 0.4) is 0 Å². The van der Waals surface area contributed by atoms with Crippen LogP contribution < -0.4 is 9.75 Å². The fourth-order valence-electron chi connectivity index (χ4n) is 5.32. The third kappa shape index (κ3) is 8.02. The first-order valence-corrected chi connectivity index (χ1v) is 13.9. The minimum absolute atomic E-state index is 0.0741. The van der Waals surface area contributed by atoms with Crippen molar-refractivity contribution in [2.75, 3.05) is 31.3 Å². The van der Waals surface area contributed by atoms with E-state index in [9.17, 15) is 14.4 Å². The molecule has 1 amide bonds. The number of hydrazone groups is 1. The molecule has 0 bridgehead atoms. The summed E-state index contributed by atoms with van der Waals surface area (Å²) >= 11 is 0. The highest BCUT2D eigenvalue weighted by molar-refractivity contribution is 6.11. The van der Waals surface area contributed by atoms with Gasteiger partial charge in [0.2, 0.25) is 5.91 Å². The van der Waals surface area contributed by atoms with Crippen LogP contribution in [-0.2, 0) is 20.8 Å². The number of carboxylic acids is 2. The van der Waals surface area contributed by atoms with Gasteiger partial charge in [-0.25, -0.2) is 14.6 Å². The predicted octanol–water partition coefficient (Wildman–Crippen LogP) is 4.67. The molecule has 40 heavy (non-hydrogen) atoms. The smallest absolute Gasteiger partial charge is 0.328 e. The van der Waals surface area contributed by atoms with E-state index in [-0.39, 0.29) is 11.8 Å². The van der Waals surface area contributed by atoms with Gasteiger partial charge in [0, 0.05) is 36.6 Å². The quantitative estimate of drug-likeness (QED) is 0.364. The molecule has 2 aromatic rings. The topological polar surface area (TPSA) is 120 Å². The fraction of sp³-hybridized carbons (Fsp3) is 0.419. The van der Waals surface area contributed by atoms with Gasteiger partial charge in [0.05, 0.1) is 18.0 Å². The van der Waals surface area contributed by atoms with Crippen LogP contribution in [-0.4, -0.2) is 64.9 Å². The third-order valence-corrected chi connectivity index (χ3v) is 7.34. The van der Waals surface area contributed by atoms with E-state index >= 15 is 0 Å². The summed E-state index contributed by atoms with van der Waals surface area (Å²) in [4.78, 5) is 34.5. The zero-order chi connectivity index (χ0) is 28.5. The zero-order valence-corrected chi connectivity index (χ0v) is 22.9. The van der Waals surface area contributed by atoms with Gasteiger partial charge in [0.15, 0.2) is 0 Å². The van der Waals surface area contributed by atoms with Crippen LogP contribution in [0.5, 0.6) is 5.75 Å². The van der Waals surface area contributed by atoms with Crippen molar-refractivity contribution >= 4 is 29.2 Å². The van der Waals surface area contributed by atoms with Gasteiger partial charge in [-0.05, 0) is 88.0 Å². The minimum atomic E-state index is -1.26. The number of aryl methyl sites for hydroxylation is 2. The van der Waals surface area contributed by atoms with Gasteiger partial charge in [-0.2, -0.15) is 5.10 Å². The number of amides is 1. The molecule has 0 radical (unpaired) electrons. The summed E-state index contributed by atoms with van der Waals surface area (Å²) in [6, 6.07) is 14.4. The number of nitrogens with zero attached hydrogens (tertiary/aromatic N) is 3. The van der Waals surface area contributed by atoms with Crippen LogP contribution in [0.2, 0.25) is 0 Å². The summed E-state index contributed by atoms with van der Waals surface area (Å²) in [5, 5.41) is 22.1. The molecule has 5 rings (SSSR count). The first-order chi connectivity index (χ1) is 19.3. The van der Waals surface area contributed by atoms with E-state index < -0.39 is 11.9 Å². The van der Waals surface area contributed by atoms with Crippen molar-refractivity contribution < 1.29 is 29.3 Å². The normalized spacial score (nSPS) is 18.7. The van der Waals surface area contributed by atoms with E-state index in [0.717, 1.165) is 49.6 Å². The molecule has 0 spiro atoms. The van der Waals surface area contributed by atoms with Crippen LogP contribution in [0.25, 0.3) is 0 Å². The van der Waals surface area contributed by atoms with E-state index in [1.807, 2.05) is 24.3 Å². The van der Waals surface area contributed by atoms with Crippen molar-refractivity contribution in [1.29, 1.82) is 0 Å². The van der Waals surface area contributed by atoms with Gasteiger partial charge < -0.3 is 19.8 Å². The molecule has 2 aromatic carbocycles. The lowest BCUT2D eigenvalue weighted by Crippen LogP contribution is -2.39. The molecule has 3 aliphatic rings. The molecule has 1 aliphatic carbocycles. The highest BCUT2D eigenvalue weighted by atomic mass is 16.5. The maximum Gasteiger partial charge on any atom is 0.328 e.